The maximum Gasteiger partial charge on any atom is 0.256 e. The summed E-state index contributed by atoms with van der Waals surface area (Å²) in [6.07, 6.45) is 2.51. The quantitative estimate of drug-likeness (QED) is 0.574. The van der Waals surface area contributed by atoms with Crippen LogP contribution in [0.15, 0.2) is 36.4 Å². The van der Waals surface area contributed by atoms with Crippen LogP contribution in [0.25, 0.3) is 10.8 Å². The van der Waals surface area contributed by atoms with Crippen LogP contribution < -0.4 is 10.1 Å². The summed E-state index contributed by atoms with van der Waals surface area (Å²) >= 11 is 0. The number of benzene rings is 2. The Balaban J connectivity index is 2.32. The number of nitrogens with one attached hydrogen (secondary N) is 1. The van der Waals surface area contributed by atoms with Crippen LogP contribution in [0.2, 0.25) is 0 Å². The summed E-state index contributed by atoms with van der Waals surface area (Å²) in [6, 6.07) is 11.8. The Morgan fingerprint density at radius 1 is 1.04 bits per heavy atom. The first kappa shape index (κ1) is 21.2. The van der Waals surface area contributed by atoms with Gasteiger partial charge >= 0.3 is 0 Å². The number of rotatable bonds is 10. The Kier molecular flexibility index (Phi) is 7.66. The standard InChI is InChI=1S/C23H33NO3/c1-6-14-26-21-13-12-20(18-10-8-9-11-19(18)21)24-22(25)23(5,16-17(3)4)27-15-7-2/h8-13,17H,6-7,14-16H2,1-5H3,(H,24,25)/t23-/m1/s1. The van der Waals surface area contributed by atoms with E-state index in [9.17, 15) is 4.79 Å². The van der Waals surface area contributed by atoms with Crippen LogP contribution in [-0.2, 0) is 9.53 Å². The molecule has 0 unspecified atom stereocenters. The van der Waals surface area contributed by atoms with E-state index in [2.05, 4.69) is 33.0 Å². The lowest BCUT2D eigenvalue weighted by Gasteiger charge is -2.30. The smallest absolute Gasteiger partial charge is 0.256 e. The molecule has 2 rings (SSSR count). The van der Waals surface area contributed by atoms with Crippen LogP contribution >= 0.6 is 0 Å². The highest BCUT2D eigenvalue weighted by atomic mass is 16.5. The first-order valence-corrected chi connectivity index (χ1v) is 10.0. The van der Waals surface area contributed by atoms with Gasteiger partial charge in [-0.2, -0.15) is 0 Å². The number of ether oxygens (including phenoxy) is 2. The largest absolute Gasteiger partial charge is 0.493 e. The van der Waals surface area contributed by atoms with Gasteiger partial charge in [0, 0.05) is 23.1 Å². The first-order valence-electron chi connectivity index (χ1n) is 10.0. The van der Waals surface area contributed by atoms with E-state index >= 15 is 0 Å². The monoisotopic (exact) mass is 371 g/mol. The van der Waals surface area contributed by atoms with Gasteiger partial charge in [-0.3, -0.25) is 4.79 Å². The molecule has 27 heavy (non-hydrogen) atoms. The Labute approximate surface area is 163 Å². The second-order valence-electron chi connectivity index (χ2n) is 7.64. The van der Waals surface area contributed by atoms with Gasteiger partial charge in [0.15, 0.2) is 0 Å². The van der Waals surface area contributed by atoms with Gasteiger partial charge in [-0.15, -0.1) is 0 Å². The topological polar surface area (TPSA) is 47.6 Å². The molecule has 0 aliphatic carbocycles. The molecule has 2 aromatic rings. The molecule has 0 bridgehead atoms. The normalized spacial score (nSPS) is 13.6. The van der Waals surface area contributed by atoms with Crippen molar-refractivity contribution in [3.05, 3.63) is 36.4 Å². The van der Waals surface area contributed by atoms with E-state index in [0.29, 0.717) is 25.6 Å². The minimum atomic E-state index is -0.845. The molecular formula is C23H33NO3. The molecule has 0 fully saturated rings. The zero-order chi connectivity index (χ0) is 19.9. The van der Waals surface area contributed by atoms with Gasteiger partial charge in [-0.05, 0) is 44.2 Å². The zero-order valence-electron chi connectivity index (χ0n) is 17.3. The molecular weight excluding hydrogens is 338 g/mol. The molecule has 2 aromatic carbocycles. The molecule has 0 heterocycles. The van der Waals surface area contributed by atoms with Crippen molar-refractivity contribution in [2.75, 3.05) is 18.5 Å². The third kappa shape index (κ3) is 5.46. The van der Waals surface area contributed by atoms with Crippen molar-refractivity contribution < 1.29 is 14.3 Å². The lowest BCUT2D eigenvalue weighted by Crippen LogP contribution is -2.44. The van der Waals surface area contributed by atoms with Crippen molar-refractivity contribution in [2.45, 2.75) is 59.5 Å². The first-order chi connectivity index (χ1) is 12.9. The van der Waals surface area contributed by atoms with Gasteiger partial charge in [-0.25, -0.2) is 0 Å². The second kappa shape index (κ2) is 9.75. The van der Waals surface area contributed by atoms with Crippen LogP contribution in [0.1, 0.15) is 53.9 Å². The molecule has 1 atom stereocenters. The average Bonchev–Trinajstić information content (AvgIpc) is 2.65. The summed E-state index contributed by atoms with van der Waals surface area (Å²) in [7, 11) is 0. The van der Waals surface area contributed by atoms with Gasteiger partial charge in [-0.1, -0.05) is 52.0 Å². The number of hydrogen-bond donors (Lipinski definition) is 1. The van der Waals surface area contributed by atoms with Gasteiger partial charge in [0.2, 0.25) is 0 Å². The van der Waals surface area contributed by atoms with E-state index in [4.69, 9.17) is 9.47 Å². The van der Waals surface area contributed by atoms with Crippen molar-refractivity contribution in [1.82, 2.24) is 0 Å². The molecule has 0 saturated carbocycles. The number of anilines is 1. The third-order valence-corrected chi connectivity index (χ3v) is 4.50. The van der Waals surface area contributed by atoms with E-state index in [0.717, 1.165) is 35.1 Å². The number of carbonyl (C=O) groups is 1. The van der Waals surface area contributed by atoms with Crippen LogP contribution in [0.3, 0.4) is 0 Å². The predicted octanol–water partition coefficient (Wildman–Crippen LogP) is 5.80. The van der Waals surface area contributed by atoms with E-state index in [-0.39, 0.29) is 5.91 Å². The number of carbonyl (C=O) groups excluding carboxylic acids is 1. The molecule has 148 valence electrons. The van der Waals surface area contributed by atoms with Crippen molar-refractivity contribution in [3.8, 4) is 5.75 Å². The highest BCUT2D eigenvalue weighted by Crippen LogP contribution is 2.33. The molecule has 0 aliphatic heterocycles. The van der Waals surface area contributed by atoms with Crippen molar-refractivity contribution in [3.63, 3.8) is 0 Å². The molecule has 1 N–H and O–H groups in total. The van der Waals surface area contributed by atoms with Gasteiger partial charge in [0.1, 0.15) is 11.4 Å². The summed E-state index contributed by atoms with van der Waals surface area (Å²) in [5, 5.41) is 5.08. The highest BCUT2D eigenvalue weighted by Gasteiger charge is 2.35. The third-order valence-electron chi connectivity index (χ3n) is 4.50. The van der Waals surface area contributed by atoms with E-state index in [1.54, 1.807) is 0 Å². The van der Waals surface area contributed by atoms with E-state index < -0.39 is 5.60 Å². The molecule has 1 amide bonds. The molecule has 4 heteroatoms. The maximum atomic E-state index is 13.1. The lowest BCUT2D eigenvalue weighted by atomic mass is 9.92. The van der Waals surface area contributed by atoms with Gasteiger partial charge in [0.05, 0.1) is 6.61 Å². The molecule has 0 saturated heterocycles. The van der Waals surface area contributed by atoms with Gasteiger partial charge < -0.3 is 14.8 Å². The van der Waals surface area contributed by atoms with Crippen molar-refractivity contribution in [2.24, 2.45) is 5.92 Å². The molecule has 0 aromatic heterocycles. The Hall–Kier alpha value is -2.07. The Bertz CT molecular complexity index is 756. The summed E-state index contributed by atoms with van der Waals surface area (Å²) < 4.78 is 11.8. The summed E-state index contributed by atoms with van der Waals surface area (Å²) in [5.41, 5.74) is -0.0580. The SMILES string of the molecule is CCCOc1ccc(NC(=O)[C@@](C)(CC(C)C)OCCC)c2ccccc12. The zero-order valence-corrected chi connectivity index (χ0v) is 17.3. The maximum absolute atomic E-state index is 13.1. The average molecular weight is 372 g/mol. The Morgan fingerprint density at radius 2 is 1.70 bits per heavy atom. The van der Waals surface area contributed by atoms with E-state index in [1.807, 2.05) is 43.3 Å². The molecule has 0 aliphatic rings. The van der Waals surface area contributed by atoms with Crippen LogP contribution in [0.4, 0.5) is 5.69 Å². The van der Waals surface area contributed by atoms with Crippen molar-refractivity contribution >= 4 is 22.4 Å². The fourth-order valence-electron chi connectivity index (χ4n) is 3.30. The van der Waals surface area contributed by atoms with Gasteiger partial charge in [0.25, 0.3) is 5.91 Å². The number of hydrogen-bond acceptors (Lipinski definition) is 3. The fourth-order valence-corrected chi connectivity index (χ4v) is 3.30. The molecule has 4 nitrogen and oxygen atoms in total. The lowest BCUT2D eigenvalue weighted by molar-refractivity contribution is -0.141. The van der Waals surface area contributed by atoms with Crippen LogP contribution in [0, 0.1) is 5.92 Å². The van der Waals surface area contributed by atoms with Crippen molar-refractivity contribution in [1.29, 1.82) is 0 Å². The number of fused-ring (bicyclic) bond motifs is 1. The van der Waals surface area contributed by atoms with Crippen LogP contribution in [0.5, 0.6) is 5.75 Å². The molecule has 0 spiro atoms. The Morgan fingerprint density at radius 3 is 2.33 bits per heavy atom. The van der Waals surface area contributed by atoms with Crippen LogP contribution in [-0.4, -0.2) is 24.7 Å². The summed E-state index contributed by atoms with van der Waals surface area (Å²) in [6.45, 7) is 11.5. The molecule has 0 radical (unpaired) electrons. The number of amides is 1. The predicted molar refractivity (Wildman–Crippen MR) is 112 cm³/mol. The second-order valence-corrected chi connectivity index (χ2v) is 7.64. The minimum absolute atomic E-state index is 0.1000. The summed E-state index contributed by atoms with van der Waals surface area (Å²) in [4.78, 5) is 13.1. The summed E-state index contributed by atoms with van der Waals surface area (Å²) in [5.74, 6) is 1.11. The van der Waals surface area contributed by atoms with E-state index in [1.165, 1.54) is 0 Å². The highest BCUT2D eigenvalue weighted by molar-refractivity contribution is 6.06. The fraction of sp³-hybridized carbons (Fsp3) is 0.522. The minimum Gasteiger partial charge on any atom is -0.493 e.